The third-order valence-electron chi connectivity index (χ3n) is 2.89. The number of amides is 1. The van der Waals surface area contributed by atoms with Crippen LogP contribution in [0.2, 0.25) is 0 Å². The van der Waals surface area contributed by atoms with Crippen molar-refractivity contribution in [3.8, 4) is 11.8 Å². The van der Waals surface area contributed by atoms with Gasteiger partial charge in [-0.3, -0.25) is 4.79 Å². The van der Waals surface area contributed by atoms with E-state index in [0.717, 1.165) is 16.2 Å². The second-order valence-electron chi connectivity index (χ2n) is 4.74. The van der Waals surface area contributed by atoms with Gasteiger partial charge in [0.15, 0.2) is 0 Å². The van der Waals surface area contributed by atoms with Crippen LogP contribution in [-0.2, 0) is 6.42 Å². The van der Waals surface area contributed by atoms with Crippen molar-refractivity contribution < 1.29 is 14.3 Å². The molecule has 21 heavy (non-hydrogen) atoms. The number of thiophene rings is 1. The van der Waals surface area contributed by atoms with E-state index in [2.05, 4.69) is 17.2 Å². The molecule has 1 amide bonds. The summed E-state index contributed by atoms with van der Waals surface area (Å²) in [5.41, 5.74) is 0.949. The minimum Gasteiger partial charge on any atom is -0.469 e. The molecule has 0 aliphatic heterocycles. The molecule has 0 aromatic carbocycles. The van der Waals surface area contributed by atoms with E-state index < -0.39 is 0 Å². The fourth-order valence-electron chi connectivity index (χ4n) is 1.91. The van der Waals surface area contributed by atoms with Crippen molar-refractivity contribution in [2.45, 2.75) is 26.3 Å². The number of furan rings is 1. The minimum atomic E-state index is -0.181. The quantitative estimate of drug-likeness (QED) is 0.852. The van der Waals surface area contributed by atoms with Gasteiger partial charge in [0.2, 0.25) is 0 Å². The molecule has 4 nitrogen and oxygen atoms in total. The molecule has 110 valence electrons. The van der Waals surface area contributed by atoms with Gasteiger partial charge in [-0.25, -0.2) is 0 Å². The van der Waals surface area contributed by atoms with Crippen LogP contribution in [-0.4, -0.2) is 23.7 Å². The lowest BCUT2D eigenvalue weighted by Gasteiger charge is -2.11. The van der Waals surface area contributed by atoms with Crippen LogP contribution in [0.1, 0.15) is 32.8 Å². The molecule has 2 aromatic heterocycles. The number of carbonyl (C=O) groups excluding carboxylic acids is 1. The van der Waals surface area contributed by atoms with E-state index in [1.54, 1.807) is 6.26 Å². The molecular weight excluding hydrogens is 286 g/mol. The molecule has 0 bridgehead atoms. The molecule has 0 radical (unpaired) electrons. The lowest BCUT2D eigenvalue weighted by Crippen LogP contribution is -2.33. The Kier molecular flexibility index (Phi) is 5.20. The minimum absolute atomic E-state index is 0.0157. The van der Waals surface area contributed by atoms with Crippen molar-refractivity contribution in [1.29, 1.82) is 0 Å². The van der Waals surface area contributed by atoms with Crippen molar-refractivity contribution in [2.75, 3.05) is 6.61 Å². The zero-order chi connectivity index (χ0) is 15.2. The van der Waals surface area contributed by atoms with Gasteiger partial charge in [0.25, 0.3) is 5.91 Å². The Balaban J connectivity index is 2.00. The van der Waals surface area contributed by atoms with Crippen LogP contribution >= 0.6 is 11.3 Å². The Bertz CT molecular complexity index is 661. The predicted octanol–water partition coefficient (Wildman–Crippen LogP) is 2.35. The monoisotopic (exact) mass is 303 g/mol. The number of hydrogen-bond acceptors (Lipinski definition) is 4. The Labute approximate surface area is 127 Å². The lowest BCUT2D eigenvalue weighted by molar-refractivity contribution is 0.0943. The Morgan fingerprint density at radius 2 is 2.38 bits per heavy atom. The average Bonchev–Trinajstić information content (AvgIpc) is 3.06. The predicted molar refractivity (Wildman–Crippen MR) is 82.4 cm³/mol. The highest BCUT2D eigenvalue weighted by molar-refractivity contribution is 7.14. The number of rotatable bonds is 4. The van der Waals surface area contributed by atoms with Crippen LogP contribution in [0.4, 0.5) is 0 Å². The van der Waals surface area contributed by atoms with Crippen LogP contribution in [0.25, 0.3) is 0 Å². The molecular formula is C16H17NO3S. The zero-order valence-corrected chi connectivity index (χ0v) is 12.8. The highest BCUT2D eigenvalue weighted by Gasteiger charge is 2.14. The molecule has 5 heteroatoms. The van der Waals surface area contributed by atoms with Gasteiger partial charge in [0.1, 0.15) is 12.4 Å². The van der Waals surface area contributed by atoms with Crippen molar-refractivity contribution in [3.05, 3.63) is 45.5 Å². The van der Waals surface area contributed by atoms with Crippen LogP contribution in [0.3, 0.4) is 0 Å². The topological polar surface area (TPSA) is 62.5 Å². The summed E-state index contributed by atoms with van der Waals surface area (Å²) < 4.78 is 5.27. The molecule has 2 rings (SSSR count). The summed E-state index contributed by atoms with van der Waals surface area (Å²) in [4.78, 5) is 13.6. The van der Waals surface area contributed by atoms with Crippen LogP contribution < -0.4 is 5.32 Å². The number of aryl methyl sites for hydroxylation is 1. The first kappa shape index (κ1) is 15.4. The molecule has 2 heterocycles. The van der Waals surface area contributed by atoms with E-state index in [1.165, 1.54) is 11.3 Å². The van der Waals surface area contributed by atoms with Gasteiger partial charge in [-0.1, -0.05) is 11.8 Å². The molecule has 1 unspecified atom stereocenters. The molecule has 2 aromatic rings. The van der Waals surface area contributed by atoms with Crippen LogP contribution in [0.5, 0.6) is 0 Å². The summed E-state index contributed by atoms with van der Waals surface area (Å²) in [5, 5.41) is 11.7. The fourth-order valence-corrected chi connectivity index (χ4v) is 2.86. The Morgan fingerprint density at radius 1 is 1.57 bits per heavy atom. The second kappa shape index (κ2) is 7.11. The summed E-state index contributed by atoms with van der Waals surface area (Å²) >= 11 is 1.34. The average molecular weight is 303 g/mol. The smallest absolute Gasteiger partial charge is 0.261 e. The van der Waals surface area contributed by atoms with Gasteiger partial charge in [-0.05, 0) is 37.6 Å². The summed E-state index contributed by atoms with van der Waals surface area (Å²) in [6.07, 6.45) is 2.28. The molecule has 0 saturated carbocycles. The van der Waals surface area contributed by atoms with Gasteiger partial charge in [0, 0.05) is 12.5 Å². The van der Waals surface area contributed by atoms with E-state index in [1.807, 2.05) is 32.0 Å². The zero-order valence-electron chi connectivity index (χ0n) is 12.0. The summed E-state index contributed by atoms with van der Waals surface area (Å²) in [6.45, 7) is 3.66. The van der Waals surface area contributed by atoms with Crippen molar-refractivity contribution in [3.63, 3.8) is 0 Å². The van der Waals surface area contributed by atoms with Gasteiger partial charge in [-0.15, -0.1) is 11.3 Å². The molecule has 0 spiro atoms. The summed E-state index contributed by atoms with van der Waals surface area (Å²) in [7, 11) is 0. The van der Waals surface area contributed by atoms with E-state index in [4.69, 9.17) is 9.52 Å². The van der Waals surface area contributed by atoms with Gasteiger partial charge in [-0.2, -0.15) is 0 Å². The van der Waals surface area contributed by atoms with E-state index in [0.29, 0.717) is 11.3 Å². The van der Waals surface area contributed by atoms with Gasteiger partial charge >= 0.3 is 0 Å². The maximum absolute atomic E-state index is 12.2. The standard InChI is InChI=1S/C16H17NO3S/c1-11-9-15(21-14(11)6-3-7-18)16(19)17-12(2)10-13-5-4-8-20-13/h4-5,8-9,12,18H,7,10H2,1-2H3,(H,17,19). The molecule has 2 N–H and O–H groups in total. The Morgan fingerprint density at radius 3 is 3.05 bits per heavy atom. The van der Waals surface area contributed by atoms with Crippen LogP contribution in [0.15, 0.2) is 28.9 Å². The highest BCUT2D eigenvalue weighted by Crippen LogP contribution is 2.21. The van der Waals surface area contributed by atoms with Crippen LogP contribution in [0, 0.1) is 18.8 Å². The molecule has 0 saturated heterocycles. The third-order valence-corrected chi connectivity index (χ3v) is 4.04. The third kappa shape index (κ3) is 4.22. The fraction of sp³-hybridized carbons (Fsp3) is 0.312. The first-order valence-corrected chi connectivity index (χ1v) is 7.45. The van der Waals surface area contributed by atoms with Gasteiger partial charge in [0.05, 0.1) is 16.0 Å². The number of hydrogen-bond donors (Lipinski definition) is 2. The Hall–Kier alpha value is -2.03. The first-order valence-electron chi connectivity index (χ1n) is 6.63. The van der Waals surface area contributed by atoms with Crippen molar-refractivity contribution >= 4 is 17.2 Å². The molecule has 0 aliphatic rings. The SMILES string of the molecule is Cc1cc(C(=O)NC(C)Cc2ccco2)sc1C#CCO. The maximum atomic E-state index is 12.2. The van der Waals surface area contributed by atoms with Gasteiger partial charge < -0.3 is 14.8 Å². The normalized spacial score (nSPS) is 11.6. The van der Waals surface area contributed by atoms with Crippen molar-refractivity contribution in [1.82, 2.24) is 5.32 Å². The number of carbonyl (C=O) groups is 1. The van der Waals surface area contributed by atoms with Crippen molar-refractivity contribution in [2.24, 2.45) is 0 Å². The molecule has 0 aliphatic carbocycles. The lowest BCUT2D eigenvalue weighted by atomic mass is 10.2. The largest absolute Gasteiger partial charge is 0.469 e. The van der Waals surface area contributed by atoms with E-state index >= 15 is 0 Å². The second-order valence-corrected chi connectivity index (χ2v) is 5.79. The number of aliphatic hydroxyl groups excluding tert-OH is 1. The number of aliphatic hydroxyl groups is 1. The van der Waals surface area contributed by atoms with E-state index in [9.17, 15) is 4.79 Å². The first-order chi connectivity index (χ1) is 10.1. The maximum Gasteiger partial charge on any atom is 0.261 e. The number of nitrogens with one attached hydrogen (secondary N) is 1. The highest BCUT2D eigenvalue weighted by atomic mass is 32.1. The van der Waals surface area contributed by atoms with E-state index in [-0.39, 0.29) is 18.6 Å². The molecule has 1 atom stereocenters. The molecule has 0 fully saturated rings. The summed E-state index contributed by atoms with van der Waals surface area (Å²) in [5.74, 6) is 6.19. The summed E-state index contributed by atoms with van der Waals surface area (Å²) in [6, 6.07) is 5.53.